The quantitative estimate of drug-likeness (QED) is 0.337. The first-order valence-corrected chi connectivity index (χ1v) is 13.8. The largest absolute Gasteiger partial charge is 0.433 e. The van der Waals surface area contributed by atoms with Gasteiger partial charge in [-0.25, -0.2) is 19.7 Å². The summed E-state index contributed by atoms with van der Waals surface area (Å²) in [5.41, 5.74) is 6.31. The van der Waals surface area contributed by atoms with Gasteiger partial charge in [0.05, 0.1) is 23.6 Å². The number of hydrogen-bond acceptors (Lipinski definition) is 8. The van der Waals surface area contributed by atoms with Crippen LogP contribution in [-0.4, -0.2) is 102 Å². The van der Waals surface area contributed by atoms with Crippen LogP contribution in [0.25, 0.3) is 28.2 Å². The number of nitrogens with two attached hydrogens (primary N) is 1. The van der Waals surface area contributed by atoms with E-state index in [0.717, 1.165) is 6.07 Å². The summed E-state index contributed by atoms with van der Waals surface area (Å²) in [4.78, 5) is 44.9. The lowest BCUT2D eigenvalue weighted by atomic mass is 10.2. The third kappa shape index (κ3) is 6.46. The summed E-state index contributed by atoms with van der Waals surface area (Å²) in [5.74, 6) is 0.466. The van der Waals surface area contributed by atoms with Crippen LogP contribution >= 0.6 is 0 Å². The van der Waals surface area contributed by atoms with Crippen molar-refractivity contribution < 1.29 is 27.9 Å². The molecule has 2 fully saturated rings. The molecule has 1 unspecified atom stereocenters. The minimum atomic E-state index is -4.56. The maximum Gasteiger partial charge on any atom is 0.433 e. The number of likely N-dealkylation sites (tertiary alicyclic amines) is 1. The number of aliphatic hydroxyl groups excluding tert-OH is 1. The lowest BCUT2D eigenvalue weighted by Crippen LogP contribution is -2.53. The molecule has 2 aliphatic rings. The van der Waals surface area contributed by atoms with Crippen LogP contribution in [0, 0.1) is 0 Å². The Morgan fingerprint density at radius 2 is 1.70 bits per heavy atom. The minimum absolute atomic E-state index is 0.0303. The van der Waals surface area contributed by atoms with Crippen LogP contribution in [0.2, 0.25) is 0 Å². The number of hydrogen-bond donors (Lipinski definition) is 2. The highest BCUT2D eigenvalue weighted by Crippen LogP contribution is 2.33. The van der Waals surface area contributed by atoms with Crippen LogP contribution in [0.5, 0.6) is 0 Å². The molecule has 3 N–H and O–H groups in total. The number of nitrogen functional groups attached to an aromatic ring is 1. The Balaban J connectivity index is 0.000000187. The van der Waals surface area contributed by atoms with Crippen LogP contribution in [-0.2, 0) is 11.0 Å². The van der Waals surface area contributed by atoms with Crippen molar-refractivity contribution >= 4 is 28.9 Å². The molecule has 6 rings (SSSR count). The number of fused-ring (bicyclic) bond motifs is 1. The third-order valence-corrected chi connectivity index (χ3v) is 7.25. The molecule has 0 aromatic carbocycles. The molecule has 4 aromatic heterocycles. The van der Waals surface area contributed by atoms with Gasteiger partial charge in [0.15, 0.2) is 11.5 Å². The van der Waals surface area contributed by atoms with E-state index in [2.05, 4.69) is 26.5 Å². The number of aromatic nitrogens is 5. The average molecular weight is 610 g/mol. The highest BCUT2D eigenvalue weighted by Gasteiger charge is 2.34. The van der Waals surface area contributed by atoms with Gasteiger partial charge < -0.3 is 25.5 Å². The van der Waals surface area contributed by atoms with E-state index >= 15 is 0 Å². The second-order valence-electron chi connectivity index (χ2n) is 10.1. The number of halogens is 3. The van der Waals surface area contributed by atoms with Crippen molar-refractivity contribution in [2.75, 3.05) is 45.0 Å². The zero-order chi connectivity index (χ0) is 31.4. The molecule has 2 aliphatic heterocycles. The molecular weight excluding hydrogens is 579 g/mol. The summed E-state index contributed by atoms with van der Waals surface area (Å²) in [6, 6.07) is 8.90. The Bertz CT molecular complexity index is 1650. The highest BCUT2D eigenvalue weighted by atomic mass is 19.4. The van der Waals surface area contributed by atoms with E-state index in [-0.39, 0.29) is 23.4 Å². The Morgan fingerprint density at radius 1 is 0.977 bits per heavy atom. The van der Waals surface area contributed by atoms with Crippen LogP contribution in [0.4, 0.5) is 23.8 Å². The van der Waals surface area contributed by atoms with Crippen molar-refractivity contribution in [2.24, 2.45) is 0 Å². The highest BCUT2D eigenvalue weighted by molar-refractivity contribution is 5.87. The lowest BCUT2D eigenvalue weighted by Gasteiger charge is -2.36. The van der Waals surface area contributed by atoms with Crippen LogP contribution < -0.4 is 5.73 Å². The molecule has 0 aliphatic carbocycles. The fourth-order valence-electron chi connectivity index (χ4n) is 5.00. The van der Waals surface area contributed by atoms with Crippen molar-refractivity contribution in [2.45, 2.75) is 18.7 Å². The van der Waals surface area contributed by atoms with E-state index in [4.69, 9.17) is 5.73 Å². The second kappa shape index (κ2) is 12.7. The number of imidazole rings is 1. The van der Waals surface area contributed by atoms with Gasteiger partial charge in [-0.3, -0.25) is 14.3 Å². The van der Waals surface area contributed by atoms with E-state index in [1.54, 1.807) is 45.2 Å². The monoisotopic (exact) mass is 609 g/mol. The van der Waals surface area contributed by atoms with Gasteiger partial charge in [-0.2, -0.15) is 13.2 Å². The van der Waals surface area contributed by atoms with E-state index in [0.29, 0.717) is 68.3 Å². The lowest BCUT2D eigenvalue weighted by molar-refractivity contribution is -0.141. The fourth-order valence-corrected chi connectivity index (χ4v) is 5.00. The predicted molar refractivity (Wildman–Crippen MR) is 155 cm³/mol. The molecule has 0 bridgehead atoms. The van der Waals surface area contributed by atoms with E-state index in [1.807, 2.05) is 0 Å². The molecule has 4 aromatic rings. The number of nitrogens with zero attached hydrogens (tertiary/aromatic N) is 8. The first kappa shape index (κ1) is 30.4. The Kier molecular flexibility index (Phi) is 8.76. The van der Waals surface area contributed by atoms with Gasteiger partial charge in [0, 0.05) is 51.7 Å². The summed E-state index contributed by atoms with van der Waals surface area (Å²) in [5, 5.41) is 9.42. The summed E-state index contributed by atoms with van der Waals surface area (Å²) in [6.45, 7) is 6.68. The Hall–Kier alpha value is -5.05. The summed E-state index contributed by atoms with van der Waals surface area (Å²) < 4.78 is 40.8. The van der Waals surface area contributed by atoms with Gasteiger partial charge >= 0.3 is 12.2 Å². The molecule has 3 amide bonds. The molecular formula is C29H30F3N9O3. The average Bonchev–Trinajstić information content (AvgIpc) is 3.64. The molecule has 0 saturated carbocycles. The van der Waals surface area contributed by atoms with Crippen molar-refractivity contribution in [3.63, 3.8) is 0 Å². The summed E-state index contributed by atoms with van der Waals surface area (Å²) >= 11 is 0. The van der Waals surface area contributed by atoms with Crippen molar-refractivity contribution in [1.82, 2.24) is 39.2 Å². The number of urea groups is 1. The van der Waals surface area contributed by atoms with Crippen LogP contribution in [0.1, 0.15) is 12.1 Å². The van der Waals surface area contributed by atoms with Gasteiger partial charge in [0.1, 0.15) is 17.0 Å². The number of aliphatic hydroxyl groups is 1. The summed E-state index contributed by atoms with van der Waals surface area (Å²) in [7, 11) is 0. The van der Waals surface area contributed by atoms with E-state index in [9.17, 15) is 27.9 Å². The normalized spacial score (nSPS) is 16.9. The van der Waals surface area contributed by atoms with Gasteiger partial charge in [0.25, 0.3) is 0 Å². The molecule has 44 heavy (non-hydrogen) atoms. The smallest absolute Gasteiger partial charge is 0.391 e. The van der Waals surface area contributed by atoms with Gasteiger partial charge in [-0.15, -0.1) is 0 Å². The molecule has 230 valence electrons. The molecule has 15 heteroatoms. The number of pyridine rings is 3. The number of alkyl halides is 3. The number of piperazine rings is 1. The van der Waals surface area contributed by atoms with E-state index in [1.165, 1.54) is 29.1 Å². The standard InChI is InChI=1S/C17H11F3N6.C12H19N3O3/c18-17(19,20)13-6-5-12-16(25-13)26(10-3-1-7-22-9-10)15(24-12)11-4-2-8-23-14(11)21;1-2-11(17)13-5-7-14(8-6-13)12(18)15-4-3-10(16)9-15/h1-9H,(H2,21,23);2,10,16H,1,3-9H2. The fraction of sp³-hybridized carbons (Fsp3) is 0.310. The molecule has 1 atom stereocenters. The number of carbonyl (C=O) groups excluding carboxylic acids is 2. The predicted octanol–water partition coefficient (Wildman–Crippen LogP) is 2.98. The zero-order valence-corrected chi connectivity index (χ0v) is 23.6. The molecule has 0 radical (unpaired) electrons. The molecule has 12 nitrogen and oxygen atoms in total. The molecule has 6 heterocycles. The number of β-amino-alcohol motifs (C(OH)–C–C–N with tert-alkyl or cyclic N) is 1. The SMILES string of the molecule is C=CC(=O)N1CCN(C(=O)N2CCC(O)C2)CC1.Nc1ncccc1-c1nc2ccc(C(F)(F)F)nc2n1-c1cccnc1. The topological polar surface area (TPSA) is 147 Å². The van der Waals surface area contributed by atoms with Gasteiger partial charge in [0.2, 0.25) is 5.91 Å². The molecule has 2 saturated heterocycles. The number of carbonyl (C=O) groups is 2. The number of anilines is 1. The number of rotatable bonds is 3. The Morgan fingerprint density at radius 3 is 2.32 bits per heavy atom. The number of amides is 3. The maximum absolute atomic E-state index is 13.1. The van der Waals surface area contributed by atoms with Gasteiger partial charge in [-0.05, 0) is 48.9 Å². The first-order chi connectivity index (χ1) is 21.1. The van der Waals surface area contributed by atoms with Crippen LogP contribution in [0.15, 0.2) is 67.6 Å². The third-order valence-electron chi connectivity index (χ3n) is 7.25. The van der Waals surface area contributed by atoms with Gasteiger partial charge in [-0.1, -0.05) is 6.58 Å². The second-order valence-corrected chi connectivity index (χ2v) is 10.1. The molecule has 0 spiro atoms. The minimum Gasteiger partial charge on any atom is -0.391 e. The first-order valence-electron chi connectivity index (χ1n) is 13.8. The van der Waals surface area contributed by atoms with Crippen LogP contribution in [0.3, 0.4) is 0 Å². The summed E-state index contributed by atoms with van der Waals surface area (Å²) in [6.07, 6.45) is 1.60. The van der Waals surface area contributed by atoms with Crippen molar-refractivity contribution in [3.8, 4) is 17.1 Å². The van der Waals surface area contributed by atoms with E-state index < -0.39 is 18.0 Å². The Labute approximate surface area is 250 Å². The van der Waals surface area contributed by atoms with Crippen molar-refractivity contribution in [1.29, 1.82) is 0 Å². The zero-order valence-electron chi connectivity index (χ0n) is 23.6. The maximum atomic E-state index is 13.1. The van der Waals surface area contributed by atoms with Crippen molar-refractivity contribution in [3.05, 3.63) is 73.3 Å².